The van der Waals surface area contributed by atoms with E-state index < -0.39 is 17.8 Å². The number of carbonyl (C=O) groups excluding carboxylic acids is 1. The Labute approximate surface area is 123 Å². The molecule has 1 N–H and O–H groups in total. The summed E-state index contributed by atoms with van der Waals surface area (Å²) in [7, 11) is 0. The average molecular weight is 312 g/mol. The highest BCUT2D eigenvalue weighted by Gasteiger charge is 2.37. The molecule has 2 aromatic rings. The lowest BCUT2D eigenvalue weighted by Gasteiger charge is -2.10. The van der Waals surface area contributed by atoms with Gasteiger partial charge in [-0.2, -0.15) is 18.3 Å². The van der Waals surface area contributed by atoms with E-state index in [0.29, 0.717) is 0 Å². The SMILES string of the molecule is Cc1cc(C(=O)N/N=C(\c2ccccc2)C(F)(F)F)cs1. The van der Waals surface area contributed by atoms with Crippen molar-refractivity contribution >= 4 is 23.0 Å². The number of hydrogen-bond acceptors (Lipinski definition) is 3. The molecule has 0 aliphatic rings. The second kappa shape index (κ2) is 6.09. The van der Waals surface area contributed by atoms with Crippen molar-refractivity contribution in [2.75, 3.05) is 0 Å². The summed E-state index contributed by atoms with van der Waals surface area (Å²) in [5.41, 5.74) is 1.00. The van der Waals surface area contributed by atoms with Crippen LogP contribution in [0, 0.1) is 6.92 Å². The number of amides is 1. The van der Waals surface area contributed by atoms with E-state index in [1.165, 1.54) is 35.6 Å². The summed E-state index contributed by atoms with van der Waals surface area (Å²) >= 11 is 1.34. The zero-order valence-electron chi connectivity index (χ0n) is 10.9. The van der Waals surface area contributed by atoms with E-state index >= 15 is 0 Å². The van der Waals surface area contributed by atoms with E-state index in [9.17, 15) is 18.0 Å². The van der Waals surface area contributed by atoms with E-state index in [4.69, 9.17) is 0 Å². The van der Waals surface area contributed by atoms with E-state index in [2.05, 4.69) is 5.10 Å². The van der Waals surface area contributed by atoms with Crippen LogP contribution in [0.5, 0.6) is 0 Å². The third kappa shape index (κ3) is 3.91. The van der Waals surface area contributed by atoms with Crippen LogP contribution in [-0.2, 0) is 0 Å². The molecule has 0 spiro atoms. The smallest absolute Gasteiger partial charge is 0.267 e. The maximum Gasteiger partial charge on any atom is 0.435 e. The predicted molar refractivity (Wildman–Crippen MR) is 75.6 cm³/mol. The summed E-state index contributed by atoms with van der Waals surface area (Å²) in [5.74, 6) is -0.669. The van der Waals surface area contributed by atoms with E-state index in [1.54, 1.807) is 24.4 Å². The Balaban J connectivity index is 2.24. The van der Waals surface area contributed by atoms with Crippen molar-refractivity contribution in [1.29, 1.82) is 0 Å². The van der Waals surface area contributed by atoms with Gasteiger partial charge in [0.25, 0.3) is 5.91 Å². The number of thiophene rings is 1. The third-order valence-electron chi connectivity index (χ3n) is 2.58. The number of benzene rings is 1. The third-order valence-corrected chi connectivity index (χ3v) is 3.44. The number of aryl methyl sites for hydroxylation is 1. The van der Waals surface area contributed by atoms with Crippen molar-refractivity contribution in [2.45, 2.75) is 13.1 Å². The Bertz CT molecular complexity index is 662. The van der Waals surface area contributed by atoms with Gasteiger partial charge >= 0.3 is 6.18 Å². The molecule has 0 saturated heterocycles. The number of carbonyl (C=O) groups is 1. The normalized spacial score (nSPS) is 12.3. The summed E-state index contributed by atoms with van der Waals surface area (Å²) in [6.07, 6.45) is -4.65. The highest BCUT2D eigenvalue weighted by atomic mass is 32.1. The van der Waals surface area contributed by atoms with Crippen LogP contribution in [0.1, 0.15) is 20.8 Å². The first kappa shape index (κ1) is 15.2. The van der Waals surface area contributed by atoms with Crippen LogP contribution in [-0.4, -0.2) is 17.8 Å². The standard InChI is InChI=1S/C14H11F3N2OS/c1-9-7-11(8-21-9)13(20)19-18-12(14(15,16)17)10-5-3-2-4-6-10/h2-8H,1H3,(H,19,20)/b18-12+. The maximum atomic E-state index is 13.0. The van der Waals surface area contributed by atoms with Gasteiger partial charge in [-0.1, -0.05) is 30.3 Å². The molecule has 0 atom stereocenters. The first-order valence-electron chi connectivity index (χ1n) is 5.93. The number of rotatable bonds is 3. The van der Waals surface area contributed by atoms with Crippen LogP contribution in [0.4, 0.5) is 13.2 Å². The summed E-state index contributed by atoms with van der Waals surface area (Å²) in [6, 6.07) is 8.71. The monoisotopic (exact) mass is 312 g/mol. The van der Waals surface area contributed by atoms with Crippen LogP contribution in [0.2, 0.25) is 0 Å². The average Bonchev–Trinajstić information content (AvgIpc) is 2.85. The van der Waals surface area contributed by atoms with Crippen molar-refractivity contribution < 1.29 is 18.0 Å². The molecule has 2 rings (SSSR count). The molecule has 0 bridgehead atoms. The molecule has 1 aromatic heterocycles. The van der Waals surface area contributed by atoms with Gasteiger partial charge in [0, 0.05) is 15.8 Å². The summed E-state index contributed by atoms with van der Waals surface area (Å²) < 4.78 is 38.9. The minimum absolute atomic E-state index is 0.105. The van der Waals surface area contributed by atoms with Crippen molar-refractivity contribution in [3.8, 4) is 0 Å². The maximum absolute atomic E-state index is 13.0. The van der Waals surface area contributed by atoms with Gasteiger partial charge < -0.3 is 0 Å². The first-order valence-corrected chi connectivity index (χ1v) is 6.81. The predicted octanol–water partition coefficient (Wildman–Crippen LogP) is 3.75. The molecular formula is C14H11F3N2OS. The molecule has 1 aromatic carbocycles. The lowest BCUT2D eigenvalue weighted by atomic mass is 10.1. The van der Waals surface area contributed by atoms with Crippen molar-refractivity contribution in [1.82, 2.24) is 5.43 Å². The molecule has 0 saturated carbocycles. The van der Waals surface area contributed by atoms with Gasteiger partial charge in [-0.15, -0.1) is 11.3 Å². The van der Waals surface area contributed by atoms with E-state index in [0.717, 1.165) is 4.88 Å². The van der Waals surface area contributed by atoms with Crippen LogP contribution < -0.4 is 5.43 Å². The topological polar surface area (TPSA) is 41.5 Å². The van der Waals surface area contributed by atoms with Gasteiger partial charge in [-0.05, 0) is 13.0 Å². The van der Waals surface area contributed by atoms with E-state index in [1.807, 2.05) is 5.43 Å². The highest BCUT2D eigenvalue weighted by Crippen LogP contribution is 2.22. The number of alkyl halides is 3. The lowest BCUT2D eigenvalue weighted by Crippen LogP contribution is -2.29. The molecule has 0 aliphatic carbocycles. The molecule has 0 aliphatic heterocycles. The fraction of sp³-hybridized carbons (Fsp3) is 0.143. The minimum Gasteiger partial charge on any atom is -0.267 e. The lowest BCUT2D eigenvalue weighted by molar-refractivity contribution is -0.0583. The molecule has 1 heterocycles. The molecule has 1 amide bonds. The number of nitrogens with one attached hydrogen (secondary N) is 1. The van der Waals surface area contributed by atoms with Crippen LogP contribution in [0.15, 0.2) is 46.9 Å². The van der Waals surface area contributed by atoms with Gasteiger partial charge in [-0.25, -0.2) is 5.43 Å². The van der Waals surface area contributed by atoms with Crippen molar-refractivity contribution in [3.05, 3.63) is 57.8 Å². The summed E-state index contributed by atoms with van der Waals surface area (Å²) in [4.78, 5) is 12.6. The molecule has 21 heavy (non-hydrogen) atoms. The van der Waals surface area contributed by atoms with Crippen LogP contribution in [0.3, 0.4) is 0 Å². The van der Waals surface area contributed by atoms with Gasteiger partial charge in [0.1, 0.15) is 0 Å². The van der Waals surface area contributed by atoms with Gasteiger partial charge in [0.15, 0.2) is 5.71 Å². The highest BCUT2D eigenvalue weighted by molar-refractivity contribution is 7.10. The Morgan fingerprint density at radius 2 is 1.86 bits per heavy atom. The number of hydrazone groups is 1. The quantitative estimate of drug-likeness (QED) is 0.680. The molecule has 0 fully saturated rings. The zero-order valence-corrected chi connectivity index (χ0v) is 11.8. The van der Waals surface area contributed by atoms with Gasteiger partial charge in [0.05, 0.1) is 5.56 Å². The minimum atomic E-state index is -4.65. The Hall–Kier alpha value is -2.15. The largest absolute Gasteiger partial charge is 0.435 e. The number of halogens is 3. The van der Waals surface area contributed by atoms with Crippen LogP contribution >= 0.6 is 11.3 Å². The van der Waals surface area contributed by atoms with Crippen molar-refractivity contribution in [3.63, 3.8) is 0 Å². The summed E-state index contributed by atoms with van der Waals surface area (Å²) in [5, 5.41) is 4.81. The van der Waals surface area contributed by atoms with Crippen molar-refractivity contribution in [2.24, 2.45) is 5.10 Å². The Morgan fingerprint density at radius 1 is 1.19 bits per heavy atom. The fourth-order valence-electron chi connectivity index (χ4n) is 1.62. The summed E-state index contributed by atoms with van der Waals surface area (Å²) in [6.45, 7) is 1.80. The van der Waals surface area contributed by atoms with Gasteiger partial charge in [0.2, 0.25) is 0 Å². The molecule has 0 unspecified atom stereocenters. The molecular weight excluding hydrogens is 301 g/mol. The fourth-order valence-corrected chi connectivity index (χ4v) is 2.30. The zero-order chi connectivity index (χ0) is 15.5. The Kier molecular flexibility index (Phi) is 4.42. The molecule has 7 heteroatoms. The van der Waals surface area contributed by atoms with Gasteiger partial charge in [-0.3, -0.25) is 4.79 Å². The second-order valence-electron chi connectivity index (χ2n) is 4.21. The number of hydrogen-bond donors (Lipinski definition) is 1. The van der Waals surface area contributed by atoms with E-state index in [-0.39, 0.29) is 11.1 Å². The molecule has 3 nitrogen and oxygen atoms in total. The Morgan fingerprint density at radius 3 is 2.38 bits per heavy atom. The molecule has 110 valence electrons. The molecule has 0 radical (unpaired) electrons. The van der Waals surface area contributed by atoms with Crippen LogP contribution in [0.25, 0.3) is 0 Å². The second-order valence-corrected chi connectivity index (χ2v) is 5.33. The first-order chi connectivity index (χ1) is 9.88. The number of nitrogens with zero attached hydrogens (tertiary/aromatic N) is 1.